The van der Waals surface area contributed by atoms with Gasteiger partial charge in [-0.15, -0.1) is 11.3 Å². The number of rotatable bonds is 7. The second-order valence-electron chi connectivity index (χ2n) is 4.22. The van der Waals surface area contributed by atoms with Gasteiger partial charge in [-0.25, -0.2) is 0 Å². The molecule has 2 atom stereocenters. The average molecular weight is 241 g/mol. The van der Waals surface area contributed by atoms with E-state index in [9.17, 15) is 0 Å². The van der Waals surface area contributed by atoms with E-state index in [2.05, 4.69) is 43.6 Å². The van der Waals surface area contributed by atoms with Crippen molar-refractivity contribution in [3.05, 3.63) is 22.4 Å². The lowest BCUT2D eigenvalue weighted by molar-refractivity contribution is -0.0532. The maximum absolute atomic E-state index is 5.92. The highest BCUT2D eigenvalue weighted by molar-refractivity contribution is 7.09. The molecule has 0 saturated heterocycles. The van der Waals surface area contributed by atoms with Gasteiger partial charge in [-0.3, -0.25) is 0 Å². The number of hydrogen-bond acceptors (Lipinski definition) is 3. The lowest BCUT2D eigenvalue weighted by atomic mass is 9.90. The molecule has 2 unspecified atom stereocenters. The molecule has 3 heteroatoms. The molecule has 1 rings (SSSR count). The SMILES string of the molecule is CCOC(C)(CC)C(Cc1cccs1)NC. The molecule has 0 radical (unpaired) electrons. The predicted molar refractivity (Wildman–Crippen MR) is 71.2 cm³/mol. The molecule has 0 spiro atoms. The van der Waals surface area contributed by atoms with Gasteiger partial charge in [0.05, 0.1) is 5.60 Å². The Hall–Kier alpha value is -0.380. The van der Waals surface area contributed by atoms with E-state index in [0.717, 1.165) is 19.4 Å². The summed E-state index contributed by atoms with van der Waals surface area (Å²) in [6.07, 6.45) is 2.07. The Morgan fingerprint density at radius 1 is 1.50 bits per heavy atom. The molecule has 0 aliphatic heterocycles. The third-order valence-corrected chi connectivity index (χ3v) is 4.15. The van der Waals surface area contributed by atoms with Gasteiger partial charge >= 0.3 is 0 Å². The Balaban J connectivity index is 2.71. The fourth-order valence-corrected chi connectivity index (χ4v) is 2.78. The number of likely N-dealkylation sites (N-methyl/N-ethyl adjacent to an activating group) is 1. The van der Waals surface area contributed by atoms with Crippen LogP contribution in [0.4, 0.5) is 0 Å². The van der Waals surface area contributed by atoms with E-state index < -0.39 is 0 Å². The zero-order chi connectivity index (χ0) is 12.0. The summed E-state index contributed by atoms with van der Waals surface area (Å²) in [5.74, 6) is 0. The third kappa shape index (κ3) is 3.30. The molecule has 1 heterocycles. The van der Waals surface area contributed by atoms with Crippen LogP contribution in [0, 0.1) is 0 Å². The largest absolute Gasteiger partial charge is 0.374 e. The van der Waals surface area contributed by atoms with Gasteiger partial charge in [0.25, 0.3) is 0 Å². The Labute approximate surface area is 103 Å². The van der Waals surface area contributed by atoms with Crippen molar-refractivity contribution in [1.29, 1.82) is 0 Å². The van der Waals surface area contributed by atoms with Gasteiger partial charge in [-0.05, 0) is 45.2 Å². The predicted octanol–water partition coefficient (Wildman–Crippen LogP) is 3.08. The molecule has 0 aliphatic carbocycles. The topological polar surface area (TPSA) is 21.3 Å². The van der Waals surface area contributed by atoms with Gasteiger partial charge in [-0.2, -0.15) is 0 Å². The molecule has 16 heavy (non-hydrogen) atoms. The van der Waals surface area contributed by atoms with Crippen LogP contribution >= 0.6 is 11.3 Å². The first-order chi connectivity index (χ1) is 7.66. The first-order valence-electron chi connectivity index (χ1n) is 5.99. The van der Waals surface area contributed by atoms with E-state index in [-0.39, 0.29) is 5.60 Å². The van der Waals surface area contributed by atoms with Crippen LogP contribution < -0.4 is 5.32 Å². The zero-order valence-corrected chi connectivity index (χ0v) is 11.6. The summed E-state index contributed by atoms with van der Waals surface area (Å²) in [7, 11) is 2.02. The number of thiophene rings is 1. The van der Waals surface area contributed by atoms with Gasteiger partial charge in [-0.1, -0.05) is 13.0 Å². The first kappa shape index (κ1) is 13.7. The monoisotopic (exact) mass is 241 g/mol. The van der Waals surface area contributed by atoms with E-state index in [1.165, 1.54) is 4.88 Å². The van der Waals surface area contributed by atoms with Crippen molar-refractivity contribution < 1.29 is 4.74 Å². The zero-order valence-electron chi connectivity index (χ0n) is 10.7. The molecular formula is C13H23NOS. The lowest BCUT2D eigenvalue weighted by Crippen LogP contribution is -2.50. The fourth-order valence-electron chi connectivity index (χ4n) is 2.03. The van der Waals surface area contributed by atoms with Crippen LogP contribution in [-0.4, -0.2) is 25.3 Å². The highest BCUT2D eigenvalue weighted by atomic mass is 32.1. The van der Waals surface area contributed by atoms with Crippen molar-refractivity contribution in [3.63, 3.8) is 0 Å². The Kier molecular flexibility index (Phi) is 5.46. The van der Waals surface area contributed by atoms with Crippen LogP contribution in [0.3, 0.4) is 0 Å². The minimum atomic E-state index is -0.0759. The molecular weight excluding hydrogens is 218 g/mol. The molecule has 92 valence electrons. The standard InChI is InChI=1S/C13H23NOS/c1-5-13(3,15-6-2)12(14-4)10-11-8-7-9-16-11/h7-9,12,14H,5-6,10H2,1-4H3. The quantitative estimate of drug-likeness (QED) is 0.792. The average Bonchev–Trinajstić information content (AvgIpc) is 2.78. The summed E-state index contributed by atoms with van der Waals surface area (Å²) in [6, 6.07) is 4.67. The van der Waals surface area contributed by atoms with Crippen LogP contribution in [-0.2, 0) is 11.2 Å². The van der Waals surface area contributed by atoms with Crippen molar-refractivity contribution >= 4 is 11.3 Å². The third-order valence-electron chi connectivity index (χ3n) is 3.25. The highest BCUT2D eigenvalue weighted by Gasteiger charge is 2.32. The molecule has 0 bridgehead atoms. The van der Waals surface area contributed by atoms with Gasteiger partial charge in [0.15, 0.2) is 0 Å². The lowest BCUT2D eigenvalue weighted by Gasteiger charge is -2.36. The summed E-state index contributed by atoms with van der Waals surface area (Å²) in [5.41, 5.74) is -0.0759. The van der Waals surface area contributed by atoms with Crippen LogP contribution in [0.25, 0.3) is 0 Å². The van der Waals surface area contributed by atoms with Crippen molar-refractivity contribution in [1.82, 2.24) is 5.32 Å². The van der Waals surface area contributed by atoms with Crippen molar-refractivity contribution in [2.45, 2.75) is 45.3 Å². The van der Waals surface area contributed by atoms with Crippen LogP contribution in [0.2, 0.25) is 0 Å². The Morgan fingerprint density at radius 2 is 2.25 bits per heavy atom. The first-order valence-corrected chi connectivity index (χ1v) is 6.87. The summed E-state index contributed by atoms with van der Waals surface area (Å²) in [6.45, 7) is 7.22. The maximum Gasteiger partial charge on any atom is 0.0807 e. The fraction of sp³-hybridized carbons (Fsp3) is 0.692. The number of ether oxygens (including phenoxy) is 1. The Morgan fingerprint density at radius 3 is 2.69 bits per heavy atom. The molecule has 0 aliphatic rings. The summed E-state index contributed by atoms with van der Waals surface area (Å²) >= 11 is 1.82. The number of nitrogens with one attached hydrogen (secondary N) is 1. The van der Waals surface area contributed by atoms with E-state index in [1.54, 1.807) is 0 Å². The second-order valence-corrected chi connectivity index (χ2v) is 5.26. The van der Waals surface area contributed by atoms with Crippen molar-refractivity contribution in [2.75, 3.05) is 13.7 Å². The molecule has 1 N–H and O–H groups in total. The minimum absolute atomic E-state index is 0.0759. The van der Waals surface area contributed by atoms with Gasteiger partial charge in [0.1, 0.15) is 0 Å². The second kappa shape index (κ2) is 6.38. The van der Waals surface area contributed by atoms with Crippen molar-refractivity contribution in [2.24, 2.45) is 0 Å². The Bertz CT molecular complexity index is 286. The van der Waals surface area contributed by atoms with Gasteiger partial charge in [0.2, 0.25) is 0 Å². The summed E-state index contributed by atoms with van der Waals surface area (Å²) < 4.78 is 5.92. The molecule has 1 aromatic rings. The smallest absolute Gasteiger partial charge is 0.0807 e. The van der Waals surface area contributed by atoms with Gasteiger partial charge in [0, 0.05) is 17.5 Å². The number of hydrogen-bond donors (Lipinski definition) is 1. The van der Waals surface area contributed by atoms with E-state index in [4.69, 9.17) is 4.74 Å². The van der Waals surface area contributed by atoms with Crippen LogP contribution in [0.15, 0.2) is 17.5 Å². The summed E-state index contributed by atoms with van der Waals surface area (Å²) in [5, 5.41) is 5.53. The highest BCUT2D eigenvalue weighted by Crippen LogP contribution is 2.24. The molecule has 0 amide bonds. The molecule has 2 nitrogen and oxygen atoms in total. The maximum atomic E-state index is 5.92. The van der Waals surface area contributed by atoms with E-state index in [0.29, 0.717) is 6.04 Å². The van der Waals surface area contributed by atoms with Crippen LogP contribution in [0.5, 0.6) is 0 Å². The van der Waals surface area contributed by atoms with Gasteiger partial charge < -0.3 is 10.1 Å². The van der Waals surface area contributed by atoms with E-state index in [1.807, 2.05) is 18.4 Å². The molecule has 1 aromatic heterocycles. The minimum Gasteiger partial charge on any atom is -0.374 e. The van der Waals surface area contributed by atoms with Crippen LogP contribution in [0.1, 0.15) is 32.1 Å². The molecule has 0 saturated carbocycles. The van der Waals surface area contributed by atoms with E-state index >= 15 is 0 Å². The molecule has 0 fully saturated rings. The normalized spacial score (nSPS) is 17.0. The molecule has 0 aromatic carbocycles. The summed E-state index contributed by atoms with van der Waals surface area (Å²) in [4.78, 5) is 1.42. The van der Waals surface area contributed by atoms with Crippen molar-refractivity contribution in [3.8, 4) is 0 Å².